The summed E-state index contributed by atoms with van der Waals surface area (Å²) in [5, 5.41) is 0. The highest BCUT2D eigenvalue weighted by atomic mass is 32.2. The summed E-state index contributed by atoms with van der Waals surface area (Å²) in [7, 11) is -3.64. The van der Waals surface area contributed by atoms with Crippen LogP contribution >= 0.6 is 0 Å². The highest BCUT2D eigenvalue weighted by molar-refractivity contribution is 7.92. The first kappa shape index (κ1) is 16.3. The van der Waals surface area contributed by atoms with E-state index in [0.29, 0.717) is 18.2 Å². The molecule has 0 saturated carbocycles. The molecule has 22 heavy (non-hydrogen) atoms. The first-order chi connectivity index (χ1) is 10.5. The van der Waals surface area contributed by atoms with E-state index in [2.05, 4.69) is 16.6 Å². The van der Waals surface area contributed by atoms with Crippen LogP contribution in [0.4, 0.5) is 5.82 Å². The molecule has 1 aromatic heterocycles. The molecule has 5 nitrogen and oxygen atoms in total. The highest BCUT2D eigenvalue weighted by Crippen LogP contribution is 2.18. The number of sulfonamides is 1. The van der Waals surface area contributed by atoms with Crippen molar-refractivity contribution in [2.45, 2.75) is 31.6 Å². The molecular weight excluding hydrogens is 300 g/mol. The normalized spacial score (nSPS) is 11.2. The fourth-order valence-corrected chi connectivity index (χ4v) is 2.78. The summed E-state index contributed by atoms with van der Waals surface area (Å²) >= 11 is 0. The number of ether oxygens (including phenoxy) is 1. The van der Waals surface area contributed by atoms with Gasteiger partial charge in [-0.2, -0.15) is 0 Å². The summed E-state index contributed by atoms with van der Waals surface area (Å²) in [6.45, 7) is 4.61. The predicted octanol–water partition coefficient (Wildman–Crippen LogP) is 3.37. The number of pyridine rings is 1. The van der Waals surface area contributed by atoms with Gasteiger partial charge in [-0.05, 0) is 49.2 Å². The smallest absolute Gasteiger partial charge is 0.263 e. The Kier molecular flexibility index (Phi) is 5.38. The van der Waals surface area contributed by atoms with Crippen LogP contribution in [0.1, 0.15) is 25.3 Å². The number of rotatable bonds is 7. The van der Waals surface area contributed by atoms with Gasteiger partial charge < -0.3 is 4.74 Å². The molecule has 1 heterocycles. The number of hydrogen-bond donors (Lipinski definition) is 1. The average Bonchev–Trinajstić information content (AvgIpc) is 2.50. The number of nitrogens with one attached hydrogen (secondary N) is 1. The summed E-state index contributed by atoms with van der Waals surface area (Å²) in [5.74, 6) is 0.967. The first-order valence-electron chi connectivity index (χ1n) is 7.19. The molecule has 118 valence electrons. The summed E-state index contributed by atoms with van der Waals surface area (Å²) in [4.78, 5) is 4.22. The van der Waals surface area contributed by atoms with E-state index in [1.807, 2.05) is 6.92 Å². The second-order valence-electron chi connectivity index (χ2n) is 5.00. The van der Waals surface area contributed by atoms with Gasteiger partial charge in [0.25, 0.3) is 10.0 Å². The van der Waals surface area contributed by atoms with Gasteiger partial charge in [-0.3, -0.25) is 4.72 Å². The van der Waals surface area contributed by atoms with Crippen LogP contribution in [0.5, 0.6) is 5.75 Å². The molecular formula is C16H20N2O3S. The lowest BCUT2D eigenvalue weighted by molar-refractivity contribution is 0.309. The van der Waals surface area contributed by atoms with Gasteiger partial charge in [0.2, 0.25) is 0 Å². The van der Waals surface area contributed by atoms with Gasteiger partial charge in [-0.1, -0.05) is 19.4 Å². The molecule has 1 aromatic carbocycles. The van der Waals surface area contributed by atoms with E-state index in [-0.39, 0.29) is 4.90 Å². The third kappa shape index (κ3) is 4.46. The topological polar surface area (TPSA) is 68.3 Å². The molecule has 0 saturated heterocycles. The predicted molar refractivity (Wildman–Crippen MR) is 86.6 cm³/mol. The lowest BCUT2D eigenvalue weighted by Crippen LogP contribution is -2.13. The van der Waals surface area contributed by atoms with E-state index in [0.717, 1.165) is 18.4 Å². The molecule has 0 radical (unpaired) electrons. The Bertz CT molecular complexity index is 695. The van der Waals surface area contributed by atoms with Gasteiger partial charge in [0.1, 0.15) is 11.6 Å². The van der Waals surface area contributed by atoms with Gasteiger partial charge in [-0.25, -0.2) is 13.4 Å². The standard InChI is InChI=1S/C16H20N2O3S/c1-3-4-11-21-14-6-8-15(9-7-14)22(19,20)18-16-10-5-13(2)12-17-16/h5-10,12H,3-4,11H2,1-2H3,(H,17,18). The van der Waals surface area contributed by atoms with Gasteiger partial charge >= 0.3 is 0 Å². The second-order valence-corrected chi connectivity index (χ2v) is 6.68. The monoisotopic (exact) mass is 320 g/mol. The zero-order valence-corrected chi connectivity index (χ0v) is 13.6. The van der Waals surface area contributed by atoms with E-state index < -0.39 is 10.0 Å². The Balaban J connectivity index is 2.07. The zero-order valence-electron chi connectivity index (χ0n) is 12.7. The minimum atomic E-state index is -3.64. The molecule has 0 fully saturated rings. The number of hydrogen-bond acceptors (Lipinski definition) is 4. The van der Waals surface area contributed by atoms with Crippen molar-refractivity contribution in [2.75, 3.05) is 11.3 Å². The third-order valence-electron chi connectivity index (χ3n) is 3.05. The molecule has 0 spiro atoms. The van der Waals surface area contributed by atoms with Crippen molar-refractivity contribution < 1.29 is 13.2 Å². The van der Waals surface area contributed by atoms with Crippen molar-refractivity contribution in [1.82, 2.24) is 4.98 Å². The van der Waals surface area contributed by atoms with E-state index in [4.69, 9.17) is 4.74 Å². The Morgan fingerprint density at radius 2 is 1.86 bits per heavy atom. The van der Waals surface area contributed by atoms with Crippen LogP contribution < -0.4 is 9.46 Å². The number of aryl methyl sites for hydroxylation is 1. The molecule has 0 unspecified atom stereocenters. The van der Waals surface area contributed by atoms with Crippen molar-refractivity contribution >= 4 is 15.8 Å². The Morgan fingerprint density at radius 1 is 1.14 bits per heavy atom. The van der Waals surface area contributed by atoms with Crippen LogP contribution in [0.15, 0.2) is 47.5 Å². The van der Waals surface area contributed by atoms with Crippen LogP contribution in [0.2, 0.25) is 0 Å². The van der Waals surface area contributed by atoms with Gasteiger partial charge in [0.05, 0.1) is 11.5 Å². The maximum Gasteiger partial charge on any atom is 0.263 e. The zero-order chi connectivity index (χ0) is 16.0. The van der Waals surface area contributed by atoms with Gasteiger partial charge in [0, 0.05) is 6.20 Å². The molecule has 0 aliphatic carbocycles. The van der Waals surface area contributed by atoms with Crippen molar-refractivity contribution in [1.29, 1.82) is 0 Å². The molecule has 0 amide bonds. The van der Waals surface area contributed by atoms with E-state index in [1.54, 1.807) is 30.5 Å². The molecule has 0 bridgehead atoms. The Labute approximate surface area is 131 Å². The molecule has 0 atom stereocenters. The fraction of sp³-hybridized carbons (Fsp3) is 0.312. The molecule has 0 aliphatic heterocycles. The van der Waals surface area contributed by atoms with Gasteiger partial charge in [-0.15, -0.1) is 0 Å². The van der Waals surface area contributed by atoms with Crippen molar-refractivity contribution in [3.8, 4) is 5.75 Å². The largest absolute Gasteiger partial charge is 0.494 e. The third-order valence-corrected chi connectivity index (χ3v) is 4.42. The molecule has 2 aromatic rings. The van der Waals surface area contributed by atoms with Gasteiger partial charge in [0.15, 0.2) is 0 Å². The number of unbranched alkanes of at least 4 members (excludes halogenated alkanes) is 1. The van der Waals surface area contributed by atoms with Crippen LogP contribution in [0.3, 0.4) is 0 Å². The Morgan fingerprint density at radius 3 is 2.45 bits per heavy atom. The number of anilines is 1. The highest BCUT2D eigenvalue weighted by Gasteiger charge is 2.14. The van der Waals surface area contributed by atoms with E-state index >= 15 is 0 Å². The van der Waals surface area contributed by atoms with Crippen molar-refractivity contribution in [3.63, 3.8) is 0 Å². The summed E-state index contributed by atoms with van der Waals surface area (Å²) in [5.41, 5.74) is 0.969. The van der Waals surface area contributed by atoms with Crippen molar-refractivity contribution in [2.24, 2.45) is 0 Å². The maximum absolute atomic E-state index is 12.3. The number of benzene rings is 1. The summed E-state index contributed by atoms with van der Waals surface area (Å²) < 4.78 is 32.5. The van der Waals surface area contributed by atoms with E-state index in [1.165, 1.54) is 12.1 Å². The molecule has 6 heteroatoms. The quantitative estimate of drug-likeness (QED) is 0.794. The summed E-state index contributed by atoms with van der Waals surface area (Å²) in [6, 6.07) is 9.81. The Hall–Kier alpha value is -2.08. The second kappa shape index (κ2) is 7.26. The minimum absolute atomic E-state index is 0.178. The number of aromatic nitrogens is 1. The molecule has 0 aliphatic rings. The minimum Gasteiger partial charge on any atom is -0.494 e. The van der Waals surface area contributed by atoms with Crippen LogP contribution in [-0.2, 0) is 10.0 Å². The van der Waals surface area contributed by atoms with Crippen LogP contribution in [-0.4, -0.2) is 20.0 Å². The summed E-state index contributed by atoms with van der Waals surface area (Å²) in [6.07, 6.45) is 3.64. The number of nitrogens with zero attached hydrogens (tertiary/aromatic N) is 1. The fourth-order valence-electron chi connectivity index (χ4n) is 1.77. The SMILES string of the molecule is CCCCOc1ccc(S(=O)(=O)Nc2ccc(C)cn2)cc1. The maximum atomic E-state index is 12.3. The van der Waals surface area contributed by atoms with E-state index in [9.17, 15) is 8.42 Å². The average molecular weight is 320 g/mol. The lowest BCUT2D eigenvalue weighted by Gasteiger charge is -2.09. The van der Waals surface area contributed by atoms with Crippen LogP contribution in [0.25, 0.3) is 0 Å². The lowest BCUT2D eigenvalue weighted by atomic mass is 10.3. The van der Waals surface area contributed by atoms with Crippen LogP contribution in [0, 0.1) is 6.92 Å². The van der Waals surface area contributed by atoms with Crippen molar-refractivity contribution in [3.05, 3.63) is 48.2 Å². The first-order valence-corrected chi connectivity index (χ1v) is 8.68. The molecule has 2 rings (SSSR count). The molecule has 1 N–H and O–H groups in total.